The lowest BCUT2D eigenvalue weighted by Gasteiger charge is -2.22. The van der Waals surface area contributed by atoms with E-state index < -0.39 is 23.9 Å². The van der Waals surface area contributed by atoms with Crippen LogP contribution in [-0.2, 0) is 15.3 Å². The number of hydrogen-bond donors (Lipinski definition) is 0. The van der Waals surface area contributed by atoms with Crippen molar-refractivity contribution in [2.75, 3.05) is 38.0 Å². The summed E-state index contributed by atoms with van der Waals surface area (Å²) in [6.07, 6.45) is -4.01. The highest BCUT2D eigenvalue weighted by molar-refractivity contribution is 7.80. The SMILES string of the molecule is CC.COc1ccc(C)cc1N(C)CCCS(=O)OCC(F)(F)F. The Bertz CT molecular complexity index is 510. The minimum Gasteiger partial charge on any atom is -0.495 e. The first-order valence-electron chi connectivity index (χ1n) is 7.67. The molecule has 0 aliphatic carbocycles. The van der Waals surface area contributed by atoms with Crippen molar-refractivity contribution in [2.45, 2.75) is 33.4 Å². The fourth-order valence-electron chi connectivity index (χ4n) is 1.83. The molecule has 0 spiro atoms. The van der Waals surface area contributed by atoms with Crippen LogP contribution < -0.4 is 9.64 Å². The Morgan fingerprint density at radius 3 is 2.42 bits per heavy atom. The molecule has 0 amide bonds. The standard InChI is InChI=1S/C14H20F3NO3S.C2H6/c1-11-5-6-13(20-3)12(9-11)18(2)7-4-8-22(19)21-10-14(15,16)17;1-2/h5-6,9H,4,7-8,10H2,1-3H3;1-2H3. The molecule has 0 bridgehead atoms. The molecule has 0 saturated carbocycles. The van der Waals surface area contributed by atoms with Gasteiger partial charge in [-0.1, -0.05) is 19.9 Å². The number of rotatable bonds is 8. The van der Waals surface area contributed by atoms with E-state index in [4.69, 9.17) is 4.74 Å². The van der Waals surface area contributed by atoms with Crippen LogP contribution >= 0.6 is 0 Å². The molecule has 1 atom stereocenters. The fourth-order valence-corrected chi connectivity index (χ4v) is 2.58. The largest absolute Gasteiger partial charge is 0.495 e. The summed E-state index contributed by atoms with van der Waals surface area (Å²) in [7, 11) is 3.42. The molecule has 1 unspecified atom stereocenters. The second kappa shape index (κ2) is 11.3. The van der Waals surface area contributed by atoms with Crippen LogP contribution in [0.15, 0.2) is 18.2 Å². The van der Waals surface area contributed by atoms with Gasteiger partial charge in [-0.2, -0.15) is 13.2 Å². The van der Waals surface area contributed by atoms with Gasteiger partial charge in [0.1, 0.15) is 5.75 Å². The fraction of sp³-hybridized carbons (Fsp3) is 0.625. The summed E-state index contributed by atoms with van der Waals surface area (Å²) in [5, 5.41) is 0. The monoisotopic (exact) mass is 369 g/mol. The first-order valence-corrected chi connectivity index (χ1v) is 8.91. The summed E-state index contributed by atoms with van der Waals surface area (Å²) in [5.74, 6) is 0.761. The molecule has 140 valence electrons. The third-order valence-corrected chi connectivity index (χ3v) is 3.91. The summed E-state index contributed by atoms with van der Waals surface area (Å²) in [5.41, 5.74) is 1.95. The molecule has 1 rings (SSSR count). The Labute approximate surface area is 144 Å². The van der Waals surface area contributed by atoms with Crippen molar-refractivity contribution < 1.29 is 26.3 Å². The van der Waals surface area contributed by atoms with Crippen LogP contribution in [-0.4, -0.2) is 43.4 Å². The molecule has 0 fully saturated rings. The van der Waals surface area contributed by atoms with Crippen LogP contribution in [0.5, 0.6) is 5.75 Å². The van der Waals surface area contributed by atoms with Crippen LogP contribution in [0, 0.1) is 6.92 Å². The number of aryl methyl sites for hydroxylation is 1. The maximum Gasteiger partial charge on any atom is 0.413 e. The summed E-state index contributed by atoms with van der Waals surface area (Å²) < 4.78 is 56.6. The normalized spacial score (nSPS) is 12.2. The number of benzene rings is 1. The first kappa shape index (κ1) is 22.7. The number of anilines is 1. The maximum atomic E-state index is 11.9. The Hall–Kier alpha value is -1.28. The molecule has 0 heterocycles. The smallest absolute Gasteiger partial charge is 0.413 e. The zero-order valence-electron chi connectivity index (χ0n) is 14.8. The molecule has 0 aliphatic rings. The quantitative estimate of drug-likeness (QED) is 0.692. The van der Waals surface area contributed by atoms with Crippen molar-refractivity contribution in [3.8, 4) is 5.75 Å². The van der Waals surface area contributed by atoms with E-state index in [9.17, 15) is 17.4 Å². The van der Waals surface area contributed by atoms with Gasteiger partial charge in [-0.15, -0.1) is 0 Å². The van der Waals surface area contributed by atoms with Gasteiger partial charge in [-0.05, 0) is 31.0 Å². The van der Waals surface area contributed by atoms with Crippen LogP contribution in [0.3, 0.4) is 0 Å². The van der Waals surface area contributed by atoms with Crippen molar-refractivity contribution in [1.29, 1.82) is 0 Å². The number of ether oxygens (including phenoxy) is 1. The van der Waals surface area contributed by atoms with Crippen molar-refractivity contribution in [2.24, 2.45) is 0 Å². The third-order valence-electron chi connectivity index (χ3n) is 2.90. The highest BCUT2D eigenvalue weighted by Crippen LogP contribution is 2.28. The molecule has 0 N–H and O–H groups in total. The number of alkyl halides is 3. The Morgan fingerprint density at radius 1 is 1.25 bits per heavy atom. The van der Waals surface area contributed by atoms with E-state index in [-0.39, 0.29) is 5.75 Å². The van der Waals surface area contributed by atoms with Crippen molar-refractivity contribution in [3.05, 3.63) is 23.8 Å². The number of halogens is 3. The second-order valence-corrected chi connectivity index (χ2v) is 6.09. The molecular formula is C16H26F3NO3S. The van der Waals surface area contributed by atoms with Gasteiger partial charge >= 0.3 is 6.18 Å². The van der Waals surface area contributed by atoms with Gasteiger partial charge in [-0.25, -0.2) is 4.21 Å². The maximum absolute atomic E-state index is 11.9. The van der Waals surface area contributed by atoms with Gasteiger partial charge in [0.2, 0.25) is 0 Å². The average Bonchev–Trinajstić information content (AvgIpc) is 2.54. The van der Waals surface area contributed by atoms with E-state index in [0.29, 0.717) is 18.7 Å². The number of methoxy groups -OCH3 is 1. The lowest BCUT2D eigenvalue weighted by molar-refractivity contribution is -0.151. The van der Waals surface area contributed by atoms with Crippen molar-refractivity contribution in [1.82, 2.24) is 0 Å². The highest BCUT2D eigenvalue weighted by atomic mass is 32.2. The second-order valence-electron chi connectivity index (χ2n) is 4.84. The number of nitrogens with zero attached hydrogens (tertiary/aromatic N) is 1. The highest BCUT2D eigenvalue weighted by Gasteiger charge is 2.28. The summed E-state index contributed by atoms with van der Waals surface area (Å²) in [6.45, 7) is 5.00. The predicted octanol–water partition coefficient (Wildman–Crippen LogP) is 4.10. The van der Waals surface area contributed by atoms with Crippen molar-refractivity contribution in [3.63, 3.8) is 0 Å². The lowest BCUT2D eigenvalue weighted by Crippen LogP contribution is -2.22. The van der Waals surface area contributed by atoms with Crippen molar-refractivity contribution >= 4 is 16.8 Å². The molecule has 0 saturated heterocycles. The lowest BCUT2D eigenvalue weighted by atomic mass is 10.2. The molecule has 0 aliphatic heterocycles. The van der Waals surface area contributed by atoms with Gasteiger partial charge in [0.05, 0.1) is 18.6 Å². The minimum atomic E-state index is -4.46. The van der Waals surface area contributed by atoms with Gasteiger partial charge < -0.3 is 9.64 Å². The van der Waals surface area contributed by atoms with E-state index in [2.05, 4.69) is 4.18 Å². The summed E-state index contributed by atoms with van der Waals surface area (Å²) in [6, 6.07) is 5.73. The van der Waals surface area contributed by atoms with Crippen LogP contribution in [0.4, 0.5) is 18.9 Å². The third kappa shape index (κ3) is 9.12. The Morgan fingerprint density at radius 2 is 1.88 bits per heavy atom. The van der Waals surface area contributed by atoms with E-state index in [1.807, 2.05) is 50.9 Å². The van der Waals surface area contributed by atoms with Gasteiger partial charge in [-0.3, -0.25) is 4.18 Å². The summed E-state index contributed by atoms with van der Waals surface area (Å²) >= 11 is -1.93. The Kier molecular flexibility index (Phi) is 10.7. The Balaban J connectivity index is 0.00000254. The molecular weight excluding hydrogens is 343 g/mol. The van der Waals surface area contributed by atoms with E-state index >= 15 is 0 Å². The van der Waals surface area contributed by atoms with Gasteiger partial charge in [0.25, 0.3) is 0 Å². The van der Waals surface area contributed by atoms with E-state index in [0.717, 1.165) is 11.3 Å². The van der Waals surface area contributed by atoms with Gasteiger partial charge in [0.15, 0.2) is 17.7 Å². The molecule has 1 aromatic carbocycles. The van der Waals surface area contributed by atoms with E-state index in [1.54, 1.807) is 7.11 Å². The van der Waals surface area contributed by atoms with Crippen LogP contribution in [0.2, 0.25) is 0 Å². The first-order chi connectivity index (χ1) is 11.2. The zero-order chi connectivity index (χ0) is 18.8. The summed E-state index contributed by atoms with van der Waals surface area (Å²) in [4.78, 5) is 1.91. The van der Waals surface area contributed by atoms with Gasteiger partial charge in [0, 0.05) is 13.6 Å². The van der Waals surface area contributed by atoms with E-state index in [1.165, 1.54) is 0 Å². The average molecular weight is 369 g/mol. The minimum absolute atomic E-state index is 0.0501. The molecule has 0 aromatic heterocycles. The molecule has 1 aromatic rings. The molecule has 4 nitrogen and oxygen atoms in total. The topological polar surface area (TPSA) is 38.8 Å². The molecule has 0 radical (unpaired) electrons. The van der Waals surface area contributed by atoms with Crippen LogP contribution in [0.1, 0.15) is 25.8 Å². The number of hydrogen-bond acceptors (Lipinski definition) is 4. The van der Waals surface area contributed by atoms with Crippen LogP contribution in [0.25, 0.3) is 0 Å². The molecule has 24 heavy (non-hydrogen) atoms. The molecule has 8 heteroatoms. The predicted molar refractivity (Wildman–Crippen MR) is 92.0 cm³/mol. The zero-order valence-corrected chi connectivity index (χ0v) is 15.6.